The lowest BCUT2D eigenvalue weighted by molar-refractivity contribution is -0.128. The number of hydrogen-bond donors (Lipinski definition) is 1. The Balaban J connectivity index is 1.28. The number of carbonyl (C=O) groups excluding carboxylic acids is 1. The van der Waals surface area contributed by atoms with Crippen LogP contribution in [0.15, 0.2) is 61.2 Å². The number of pyridine rings is 1. The Hall–Kier alpha value is -3.36. The number of aromatic nitrogens is 3. The first-order chi connectivity index (χ1) is 15.8. The van der Waals surface area contributed by atoms with Crippen molar-refractivity contribution in [1.29, 1.82) is 0 Å². The summed E-state index contributed by atoms with van der Waals surface area (Å²) in [5.41, 5.74) is 2.86. The maximum absolute atomic E-state index is 13.3. The number of hydrogen-bond acceptors (Lipinski definition) is 7. The highest BCUT2D eigenvalue weighted by molar-refractivity contribution is 5.83. The molecule has 2 aliphatic heterocycles. The maximum Gasteiger partial charge on any atom is 0.242 e. The Morgan fingerprint density at radius 1 is 1.09 bits per heavy atom. The van der Waals surface area contributed by atoms with Gasteiger partial charge in [0.15, 0.2) is 5.82 Å². The number of morpholine rings is 1. The zero-order chi connectivity index (χ0) is 21.8. The fourth-order valence-corrected chi connectivity index (χ4v) is 4.28. The van der Waals surface area contributed by atoms with E-state index in [9.17, 15) is 4.79 Å². The van der Waals surface area contributed by atoms with Crippen molar-refractivity contribution in [3.05, 3.63) is 72.3 Å². The Bertz CT molecular complexity index is 1060. The normalized spacial score (nSPS) is 19.1. The highest BCUT2D eigenvalue weighted by Crippen LogP contribution is 2.37. The number of benzene rings is 1. The molecule has 3 aromatic rings. The van der Waals surface area contributed by atoms with Gasteiger partial charge in [0.2, 0.25) is 5.91 Å². The molecular formula is C24H25N5O3. The molecule has 0 spiro atoms. The molecule has 0 aliphatic carbocycles. The van der Waals surface area contributed by atoms with Crippen molar-refractivity contribution >= 4 is 5.91 Å². The Morgan fingerprint density at radius 2 is 1.94 bits per heavy atom. The first-order valence-electron chi connectivity index (χ1n) is 10.8. The Morgan fingerprint density at radius 3 is 2.72 bits per heavy atom. The van der Waals surface area contributed by atoms with E-state index < -0.39 is 6.04 Å². The van der Waals surface area contributed by atoms with Gasteiger partial charge < -0.3 is 14.8 Å². The summed E-state index contributed by atoms with van der Waals surface area (Å²) in [6.45, 7) is 3.08. The number of amides is 1. The van der Waals surface area contributed by atoms with Gasteiger partial charge in [0.1, 0.15) is 17.9 Å². The second-order valence-electron chi connectivity index (χ2n) is 7.89. The second-order valence-corrected chi connectivity index (χ2v) is 7.89. The molecule has 164 valence electrons. The third-order valence-electron chi connectivity index (χ3n) is 5.80. The molecule has 32 heavy (non-hydrogen) atoms. The van der Waals surface area contributed by atoms with Crippen molar-refractivity contribution in [3.63, 3.8) is 0 Å². The summed E-state index contributed by atoms with van der Waals surface area (Å²) < 4.78 is 11.7. The number of nitrogens with zero attached hydrogens (tertiary/aromatic N) is 4. The molecule has 2 aromatic heterocycles. The highest BCUT2D eigenvalue weighted by atomic mass is 16.5. The van der Waals surface area contributed by atoms with Crippen LogP contribution in [-0.4, -0.2) is 64.7 Å². The number of nitrogens with one attached hydrogen (secondary N) is 1. The summed E-state index contributed by atoms with van der Waals surface area (Å²) in [5.74, 6) is 1.39. The van der Waals surface area contributed by atoms with Crippen LogP contribution in [0, 0.1) is 0 Å². The van der Waals surface area contributed by atoms with Gasteiger partial charge in [-0.1, -0.05) is 18.2 Å². The number of carbonyl (C=O) groups is 1. The number of fused-ring (bicyclic) bond motifs is 1. The molecule has 5 rings (SSSR count). The van der Waals surface area contributed by atoms with E-state index in [1.54, 1.807) is 30.9 Å². The van der Waals surface area contributed by atoms with Gasteiger partial charge in [-0.25, -0.2) is 9.97 Å². The molecule has 0 bridgehead atoms. The molecule has 8 nitrogen and oxygen atoms in total. The van der Waals surface area contributed by atoms with Gasteiger partial charge in [-0.2, -0.15) is 0 Å². The van der Waals surface area contributed by atoms with Crippen molar-refractivity contribution < 1.29 is 14.3 Å². The molecule has 0 saturated carbocycles. The van der Waals surface area contributed by atoms with E-state index in [4.69, 9.17) is 9.47 Å². The molecule has 2 atom stereocenters. The van der Waals surface area contributed by atoms with Crippen molar-refractivity contribution in [3.8, 4) is 17.1 Å². The first-order valence-corrected chi connectivity index (χ1v) is 10.8. The zero-order valence-corrected chi connectivity index (χ0v) is 17.7. The predicted molar refractivity (Wildman–Crippen MR) is 118 cm³/mol. The third-order valence-corrected chi connectivity index (χ3v) is 5.80. The van der Waals surface area contributed by atoms with Crippen molar-refractivity contribution in [2.45, 2.75) is 18.6 Å². The molecule has 8 heteroatoms. The quantitative estimate of drug-likeness (QED) is 0.639. The minimum atomic E-state index is -0.398. The summed E-state index contributed by atoms with van der Waals surface area (Å²) in [5, 5.41) is 3.11. The second kappa shape index (κ2) is 9.42. The van der Waals surface area contributed by atoms with Crippen LogP contribution in [0.25, 0.3) is 11.4 Å². The molecule has 1 fully saturated rings. The lowest BCUT2D eigenvalue weighted by Crippen LogP contribution is -2.47. The van der Waals surface area contributed by atoms with E-state index in [0.717, 1.165) is 28.9 Å². The van der Waals surface area contributed by atoms with Crippen LogP contribution in [0.4, 0.5) is 0 Å². The van der Waals surface area contributed by atoms with Crippen LogP contribution in [0.2, 0.25) is 0 Å². The molecule has 1 aromatic carbocycles. The summed E-state index contributed by atoms with van der Waals surface area (Å²) in [4.78, 5) is 28.3. The summed E-state index contributed by atoms with van der Waals surface area (Å²) in [6.07, 6.45) is 7.50. The minimum absolute atomic E-state index is 0.0499. The fraction of sp³-hybridized carbons (Fsp3) is 0.333. The van der Waals surface area contributed by atoms with E-state index in [0.29, 0.717) is 38.7 Å². The van der Waals surface area contributed by atoms with Crippen LogP contribution >= 0.6 is 0 Å². The molecule has 1 amide bonds. The van der Waals surface area contributed by atoms with Crippen LogP contribution < -0.4 is 10.1 Å². The number of ether oxygens (including phenoxy) is 2. The SMILES string of the molecule is O=C(NCC1Cc2cccc(-c3ncccn3)c2O1)C(c1cccnc1)N1CCOCC1. The zero-order valence-electron chi connectivity index (χ0n) is 17.7. The monoisotopic (exact) mass is 431 g/mol. The van der Waals surface area contributed by atoms with Crippen molar-refractivity contribution in [2.75, 3.05) is 32.8 Å². The van der Waals surface area contributed by atoms with Crippen LogP contribution in [0.1, 0.15) is 17.2 Å². The molecule has 2 unspecified atom stereocenters. The van der Waals surface area contributed by atoms with Gasteiger partial charge in [-0.15, -0.1) is 0 Å². The van der Waals surface area contributed by atoms with E-state index in [-0.39, 0.29) is 12.0 Å². The van der Waals surface area contributed by atoms with Crippen LogP contribution in [0.3, 0.4) is 0 Å². The number of para-hydroxylation sites is 1. The molecule has 2 aliphatic rings. The maximum atomic E-state index is 13.3. The van der Waals surface area contributed by atoms with E-state index in [1.165, 1.54) is 0 Å². The van der Waals surface area contributed by atoms with Gasteiger partial charge in [0.05, 0.1) is 25.3 Å². The summed E-state index contributed by atoms with van der Waals surface area (Å²) >= 11 is 0. The Labute approximate surface area is 186 Å². The molecule has 1 saturated heterocycles. The van der Waals surface area contributed by atoms with Gasteiger partial charge in [0.25, 0.3) is 0 Å². The van der Waals surface area contributed by atoms with E-state index in [1.807, 2.05) is 24.3 Å². The van der Waals surface area contributed by atoms with Gasteiger partial charge in [-0.3, -0.25) is 14.7 Å². The topological polar surface area (TPSA) is 89.5 Å². The van der Waals surface area contributed by atoms with Crippen LogP contribution in [0.5, 0.6) is 5.75 Å². The largest absolute Gasteiger partial charge is 0.487 e. The van der Waals surface area contributed by atoms with Gasteiger partial charge >= 0.3 is 0 Å². The average molecular weight is 431 g/mol. The number of rotatable bonds is 6. The van der Waals surface area contributed by atoms with Gasteiger partial charge in [0, 0.05) is 44.3 Å². The standard InChI is InChI=1S/C24H25N5O3/c30-24(21(18-5-2-7-25-15-18)29-10-12-31-13-11-29)28-16-19-14-17-4-1-6-20(22(17)32-19)23-26-8-3-9-27-23/h1-9,15,19,21H,10-14,16H2,(H,28,30). The molecule has 4 heterocycles. The van der Waals surface area contributed by atoms with E-state index >= 15 is 0 Å². The molecule has 0 radical (unpaired) electrons. The Kier molecular flexibility index (Phi) is 6.04. The van der Waals surface area contributed by atoms with Crippen LogP contribution in [-0.2, 0) is 16.0 Å². The van der Waals surface area contributed by atoms with Crippen molar-refractivity contribution in [2.24, 2.45) is 0 Å². The molecular weight excluding hydrogens is 406 g/mol. The lowest BCUT2D eigenvalue weighted by Gasteiger charge is -2.33. The average Bonchev–Trinajstić information content (AvgIpc) is 3.28. The fourth-order valence-electron chi connectivity index (χ4n) is 4.28. The summed E-state index contributed by atoms with van der Waals surface area (Å²) in [7, 11) is 0. The summed E-state index contributed by atoms with van der Waals surface area (Å²) in [6, 6.07) is 11.2. The molecule has 1 N–H and O–H groups in total. The minimum Gasteiger partial charge on any atom is -0.487 e. The first kappa shape index (κ1) is 20.5. The lowest BCUT2D eigenvalue weighted by atomic mass is 10.0. The predicted octanol–water partition coefficient (Wildman–Crippen LogP) is 2.03. The van der Waals surface area contributed by atoms with Gasteiger partial charge in [-0.05, 0) is 29.3 Å². The third kappa shape index (κ3) is 4.32. The highest BCUT2D eigenvalue weighted by Gasteiger charge is 2.31. The van der Waals surface area contributed by atoms with E-state index in [2.05, 4.69) is 31.2 Å². The van der Waals surface area contributed by atoms with Crippen molar-refractivity contribution in [1.82, 2.24) is 25.2 Å². The smallest absolute Gasteiger partial charge is 0.242 e.